The molecule has 2 N–H and O–H groups in total. The molecule has 110 valence electrons. The summed E-state index contributed by atoms with van der Waals surface area (Å²) in [5.74, 6) is 0.524. The second-order valence-corrected chi connectivity index (χ2v) is 6.52. The molecule has 2 aliphatic rings. The SMILES string of the molecule is CC(C)CN(CC1CCCN1)C(=O)NC1CCCC1. The Morgan fingerprint density at radius 2 is 2.00 bits per heavy atom. The topological polar surface area (TPSA) is 44.4 Å². The highest BCUT2D eigenvalue weighted by atomic mass is 16.2. The van der Waals surface area contributed by atoms with Crippen LogP contribution in [0.25, 0.3) is 0 Å². The maximum absolute atomic E-state index is 12.4. The molecule has 1 heterocycles. The van der Waals surface area contributed by atoms with Gasteiger partial charge in [-0.2, -0.15) is 0 Å². The third kappa shape index (κ3) is 4.68. The molecule has 19 heavy (non-hydrogen) atoms. The molecule has 1 saturated carbocycles. The van der Waals surface area contributed by atoms with Crippen LogP contribution in [0.2, 0.25) is 0 Å². The zero-order valence-corrected chi connectivity index (χ0v) is 12.5. The largest absolute Gasteiger partial charge is 0.335 e. The number of rotatable bonds is 5. The molecule has 4 nitrogen and oxygen atoms in total. The zero-order valence-electron chi connectivity index (χ0n) is 12.5. The second-order valence-electron chi connectivity index (χ2n) is 6.52. The minimum Gasteiger partial charge on any atom is -0.335 e. The van der Waals surface area contributed by atoms with Crippen molar-refractivity contribution in [3.8, 4) is 0 Å². The molecule has 1 saturated heterocycles. The lowest BCUT2D eigenvalue weighted by Crippen LogP contribution is -2.49. The summed E-state index contributed by atoms with van der Waals surface area (Å²) in [5.41, 5.74) is 0. The Hall–Kier alpha value is -0.770. The molecule has 0 aromatic carbocycles. The van der Waals surface area contributed by atoms with E-state index in [4.69, 9.17) is 0 Å². The minimum atomic E-state index is 0.148. The number of hydrogen-bond acceptors (Lipinski definition) is 2. The second kappa shape index (κ2) is 7.13. The lowest BCUT2D eigenvalue weighted by atomic mass is 10.1. The summed E-state index contributed by atoms with van der Waals surface area (Å²) >= 11 is 0. The van der Waals surface area contributed by atoms with Gasteiger partial charge in [0.25, 0.3) is 0 Å². The normalized spacial score (nSPS) is 24.1. The van der Waals surface area contributed by atoms with Crippen LogP contribution < -0.4 is 10.6 Å². The number of carbonyl (C=O) groups is 1. The van der Waals surface area contributed by atoms with E-state index in [9.17, 15) is 4.79 Å². The fourth-order valence-electron chi connectivity index (χ4n) is 3.20. The van der Waals surface area contributed by atoms with Crippen molar-refractivity contribution < 1.29 is 4.79 Å². The van der Waals surface area contributed by atoms with Crippen molar-refractivity contribution in [3.63, 3.8) is 0 Å². The van der Waals surface area contributed by atoms with Crippen molar-refractivity contribution in [2.24, 2.45) is 5.92 Å². The van der Waals surface area contributed by atoms with Gasteiger partial charge in [0.1, 0.15) is 0 Å². The Morgan fingerprint density at radius 1 is 1.26 bits per heavy atom. The summed E-state index contributed by atoms with van der Waals surface area (Å²) in [6.07, 6.45) is 7.28. The first-order valence-corrected chi connectivity index (χ1v) is 7.94. The van der Waals surface area contributed by atoms with Gasteiger partial charge >= 0.3 is 6.03 Å². The molecular formula is C15H29N3O. The van der Waals surface area contributed by atoms with Gasteiger partial charge in [-0.3, -0.25) is 0 Å². The van der Waals surface area contributed by atoms with Gasteiger partial charge in [0.2, 0.25) is 0 Å². The summed E-state index contributed by atoms with van der Waals surface area (Å²) in [6.45, 7) is 7.17. The van der Waals surface area contributed by atoms with Crippen molar-refractivity contribution in [1.29, 1.82) is 0 Å². The average Bonchev–Trinajstić information content (AvgIpc) is 3.00. The van der Waals surface area contributed by atoms with Gasteiger partial charge in [-0.25, -0.2) is 4.79 Å². The first kappa shape index (κ1) is 14.6. The van der Waals surface area contributed by atoms with E-state index in [1.807, 2.05) is 4.90 Å². The highest BCUT2D eigenvalue weighted by molar-refractivity contribution is 5.74. The van der Waals surface area contributed by atoms with E-state index in [2.05, 4.69) is 24.5 Å². The van der Waals surface area contributed by atoms with E-state index < -0.39 is 0 Å². The zero-order chi connectivity index (χ0) is 13.7. The highest BCUT2D eigenvalue weighted by Gasteiger charge is 2.24. The van der Waals surface area contributed by atoms with Gasteiger partial charge in [0.15, 0.2) is 0 Å². The lowest BCUT2D eigenvalue weighted by molar-refractivity contribution is 0.181. The first-order valence-electron chi connectivity index (χ1n) is 7.94. The van der Waals surface area contributed by atoms with E-state index in [-0.39, 0.29) is 6.03 Å². The van der Waals surface area contributed by atoms with Crippen molar-refractivity contribution >= 4 is 6.03 Å². The Morgan fingerprint density at radius 3 is 2.58 bits per heavy atom. The Kier molecular flexibility index (Phi) is 5.49. The predicted molar refractivity (Wildman–Crippen MR) is 78.2 cm³/mol. The summed E-state index contributed by atoms with van der Waals surface area (Å²) in [6, 6.07) is 1.06. The standard InChI is InChI=1S/C15H29N3O/c1-12(2)10-18(11-14-8-5-9-16-14)15(19)17-13-6-3-4-7-13/h12-14,16H,3-11H2,1-2H3,(H,17,19). The van der Waals surface area contributed by atoms with Crippen molar-refractivity contribution in [3.05, 3.63) is 0 Å². The first-order chi connectivity index (χ1) is 9.15. The van der Waals surface area contributed by atoms with Crippen LogP contribution >= 0.6 is 0 Å². The van der Waals surface area contributed by atoms with E-state index in [1.165, 1.54) is 25.7 Å². The van der Waals surface area contributed by atoms with Gasteiger partial charge in [-0.05, 0) is 38.1 Å². The summed E-state index contributed by atoms with van der Waals surface area (Å²) in [5, 5.41) is 6.70. The number of hydrogen-bond donors (Lipinski definition) is 2. The minimum absolute atomic E-state index is 0.148. The number of urea groups is 1. The highest BCUT2D eigenvalue weighted by Crippen LogP contribution is 2.18. The van der Waals surface area contributed by atoms with Gasteiger partial charge in [-0.15, -0.1) is 0 Å². The maximum atomic E-state index is 12.4. The molecule has 2 rings (SSSR count). The van der Waals surface area contributed by atoms with Crippen LogP contribution in [0, 0.1) is 5.92 Å². The molecule has 0 radical (unpaired) electrons. The number of carbonyl (C=O) groups excluding carboxylic acids is 1. The molecule has 2 amide bonds. The van der Waals surface area contributed by atoms with Crippen molar-refractivity contribution in [2.45, 2.75) is 64.5 Å². The molecule has 1 aliphatic carbocycles. The van der Waals surface area contributed by atoms with E-state index in [1.54, 1.807) is 0 Å². The molecule has 0 aromatic rings. The van der Waals surface area contributed by atoms with Gasteiger partial charge in [0, 0.05) is 25.2 Å². The van der Waals surface area contributed by atoms with Crippen LogP contribution in [0.1, 0.15) is 52.4 Å². The third-order valence-corrected chi connectivity index (χ3v) is 4.16. The molecule has 0 aromatic heterocycles. The van der Waals surface area contributed by atoms with Crippen molar-refractivity contribution in [2.75, 3.05) is 19.6 Å². The lowest BCUT2D eigenvalue weighted by Gasteiger charge is -2.29. The smallest absolute Gasteiger partial charge is 0.317 e. The summed E-state index contributed by atoms with van der Waals surface area (Å²) < 4.78 is 0. The Balaban J connectivity index is 1.84. The molecule has 1 unspecified atom stereocenters. The summed E-state index contributed by atoms with van der Waals surface area (Å²) in [4.78, 5) is 14.4. The van der Waals surface area contributed by atoms with E-state index in [0.29, 0.717) is 18.0 Å². The van der Waals surface area contributed by atoms with Crippen LogP contribution in [0.5, 0.6) is 0 Å². The van der Waals surface area contributed by atoms with Crippen LogP contribution in [0.15, 0.2) is 0 Å². The Labute approximate surface area is 117 Å². The van der Waals surface area contributed by atoms with Gasteiger partial charge in [0.05, 0.1) is 0 Å². The third-order valence-electron chi connectivity index (χ3n) is 4.16. The Bertz CT molecular complexity index is 281. The molecule has 2 fully saturated rings. The number of nitrogens with one attached hydrogen (secondary N) is 2. The van der Waals surface area contributed by atoms with Crippen molar-refractivity contribution in [1.82, 2.24) is 15.5 Å². The van der Waals surface area contributed by atoms with Crippen LogP contribution in [0.3, 0.4) is 0 Å². The van der Waals surface area contributed by atoms with Crippen LogP contribution in [0.4, 0.5) is 4.79 Å². The average molecular weight is 267 g/mol. The fourth-order valence-corrected chi connectivity index (χ4v) is 3.20. The maximum Gasteiger partial charge on any atom is 0.317 e. The predicted octanol–water partition coefficient (Wildman–Crippen LogP) is 2.35. The van der Waals surface area contributed by atoms with Gasteiger partial charge < -0.3 is 15.5 Å². The van der Waals surface area contributed by atoms with Crippen LogP contribution in [-0.4, -0.2) is 42.6 Å². The van der Waals surface area contributed by atoms with Crippen LogP contribution in [-0.2, 0) is 0 Å². The van der Waals surface area contributed by atoms with E-state index >= 15 is 0 Å². The number of amides is 2. The van der Waals surface area contributed by atoms with Gasteiger partial charge in [-0.1, -0.05) is 26.7 Å². The summed E-state index contributed by atoms with van der Waals surface area (Å²) in [7, 11) is 0. The fraction of sp³-hybridized carbons (Fsp3) is 0.933. The molecule has 0 bridgehead atoms. The van der Waals surface area contributed by atoms with E-state index in [0.717, 1.165) is 32.5 Å². The molecular weight excluding hydrogens is 238 g/mol. The molecule has 0 spiro atoms. The molecule has 4 heteroatoms. The monoisotopic (exact) mass is 267 g/mol. The number of nitrogens with zero attached hydrogens (tertiary/aromatic N) is 1. The molecule has 1 atom stereocenters. The quantitative estimate of drug-likeness (QED) is 0.803. The molecule has 1 aliphatic heterocycles.